The number of hydrogen-bond donors (Lipinski definition) is 1. The quantitative estimate of drug-likeness (QED) is 0.369. The molecule has 0 amide bonds. The summed E-state index contributed by atoms with van der Waals surface area (Å²) in [5.74, 6) is 0.538. The first kappa shape index (κ1) is 24.4. The molecule has 2 rings (SSSR count). The second kappa shape index (κ2) is 11.5. The van der Waals surface area contributed by atoms with Crippen LogP contribution in [0.2, 0.25) is 25.7 Å². The molecule has 1 N–H and O–H groups in total. The number of nitriles is 1. The molecule has 1 aromatic carbocycles. The number of anilines is 1. The van der Waals surface area contributed by atoms with Crippen LogP contribution in [0.25, 0.3) is 0 Å². The van der Waals surface area contributed by atoms with Crippen LogP contribution in [0, 0.1) is 11.3 Å². The van der Waals surface area contributed by atoms with E-state index in [1.807, 2.05) is 33.7 Å². The minimum atomic E-state index is -1.20. The molecule has 0 spiro atoms. The molecule has 1 heterocycles. The Morgan fingerprint density at radius 1 is 1.29 bits per heavy atom. The summed E-state index contributed by atoms with van der Waals surface area (Å²) in [6.45, 7) is 8.87. The van der Waals surface area contributed by atoms with Gasteiger partial charge in [0.05, 0.1) is 7.11 Å². The molecule has 0 aliphatic rings. The highest BCUT2D eigenvalue weighted by Crippen LogP contribution is 2.20. The van der Waals surface area contributed by atoms with Gasteiger partial charge in [0.2, 0.25) is 5.95 Å². The van der Waals surface area contributed by atoms with Crippen molar-refractivity contribution < 1.29 is 19.4 Å². The molecule has 2 aromatic rings. The minimum Gasteiger partial charge on any atom is -0.497 e. The molecule has 0 unspecified atom stereocenters. The standard InChI is InChI=1S/C22H32N4O4Si/c1-29-20-9-7-18(8-10-20)15-25(11-5-6-21(27)28)22-24-19(14-23)16-26(22)17-30-12-13-31(2,3)4/h7-10,16H,5-6,11-13,15,17H2,1-4H3,(H,27,28). The first-order valence-electron chi connectivity index (χ1n) is 10.4. The zero-order valence-corrected chi connectivity index (χ0v) is 19.8. The Morgan fingerprint density at radius 3 is 2.58 bits per heavy atom. The number of carboxylic acid groups (broad SMARTS) is 1. The Morgan fingerprint density at radius 2 is 2.00 bits per heavy atom. The first-order valence-corrected chi connectivity index (χ1v) is 14.1. The number of hydrogen-bond acceptors (Lipinski definition) is 6. The van der Waals surface area contributed by atoms with Gasteiger partial charge in [-0.25, -0.2) is 4.98 Å². The van der Waals surface area contributed by atoms with Gasteiger partial charge in [-0.15, -0.1) is 0 Å². The molecule has 0 bridgehead atoms. The van der Waals surface area contributed by atoms with Gasteiger partial charge in [0.25, 0.3) is 0 Å². The molecular weight excluding hydrogens is 412 g/mol. The van der Waals surface area contributed by atoms with E-state index in [2.05, 4.69) is 30.7 Å². The van der Waals surface area contributed by atoms with Gasteiger partial charge in [-0.2, -0.15) is 5.26 Å². The maximum atomic E-state index is 11.0. The van der Waals surface area contributed by atoms with Crippen molar-refractivity contribution >= 4 is 20.0 Å². The third kappa shape index (κ3) is 8.43. The van der Waals surface area contributed by atoms with Gasteiger partial charge in [-0.3, -0.25) is 9.36 Å². The van der Waals surface area contributed by atoms with Crippen molar-refractivity contribution in [3.8, 4) is 11.8 Å². The largest absolute Gasteiger partial charge is 0.497 e. The zero-order valence-electron chi connectivity index (χ0n) is 18.8. The highest BCUT2D eigenvalue weighted by molar-refractivity contribution is 6.76. The lowest BCUT2D eigenvalue weighted by Gasteiger charge is -2.25. The number of ether oxygens (including phenoxy) is 2. The monoisotopic (exact) mass is 444 g/mol. The number of nitrogens with zero attached hydrogens (tertiary/aromatic N) is 4. The van der Waals surface area contributed by atoms with E-state index in [-0.39, 0.29) is 6.42 Å². The number of aromatic nitrogens is 2. The van der Waals surface area contributed by atoms with Crippen LogP contribution in [0.5, 0.6) is 5.75 Å². The van der Waals surface area contributed by atoms with E-state index in [0.717, 1.165) is 17.4 Å². The minimum absolute atomic E-state index is 0.0671. The smallest absolute Gasteiger partial charge is 0.303 e. The van der Waals surface area contributed by atoms with E-state index in [1.165, 1.54) is 0 Å². The Bertz CT molecular complexity index is 884. The molecule has 9 heteroatoms. The lowest BCUT2D eigenvalue weighted by atomic mass is 10.2. The van der Waals surface area contributed by atoms with Gasteiger partial charge in [-0.1, -0.05) is 31.8 Å². The van der Waals surface area contributed by atoms with E-state index < -0.39 is 14.0 Å². The molecule has 31 heavy (non-hydrogen) atoms. The zero-order chi connectivity index (χ0) is 22.9. The molecule has 0 saturated heterocycles. The SMILES string of the molecule is COc1ccc(CN(CCCC(=O)O)c2nc(C#N)cn2COCC[Si](C)(C)C)cc1. The van der Waals surface area contributed by atoms with Crippen molar-refractivity contribution in [2.45, 2.75) is 51.8 Å². The Kier molecular flexibility index (Phi) is 9.09. The third-order valence-electron chi connectivity index (χ3n) is 4.73. The number of methoxy groups -OCH3 is 1. The molecule has 168 valence electrons. The average molecular weight is 445 g/mol. The lowest BCUT2D eigenvalue weighted by molar-refractivity contribution is -0.137. The number of imidazole rings is 1. The van der Waals surface area contributed by atoms with Crippen molar-refractivity contribution in [2.75, 3.05) is 25.2 Å². The predicted octanol–water partition coefficient (Wildman–Crippen LogP) is 3.95. The van der Waals surface area contributed by atoms with Gasteiger partial charge in [0, 0.05) is 40.4 Å². The number of rotatable bonds is 13. The Hall–Kier alpha value is -2.83. The number of benzene rings is 1. The summed E-state index contributed by atoms with van der Waals surface area (Å²) in [5.41, 5.74) is 1.34. The molecular formula is C22H32N4O4Si. The topological polar surface area (TPSA) is 101 Å². The van der Waals surface area contributed by atoms with Gasteiger partial charge in [-0.05, 0) is 30.2 Å². The second-order valence-corrected chi connectivity index (χ2v) is 14.2. The van der Waals surface area contributed by atoms with E-state index in [0.29, 0.717) is 44.5 Å². The molecule has 0 aliphatic heterocycles. The van der Waals surface area contributed by atoms with Crippen molar-refractivity contribution in [3.63, 3.8) is 0 Å². The van der Waals surface area contributed by atoms with E-state index >= 15 is 0 Å². The summed E-state index contributed by atoms with van der Waals surface area (Å²) in [5, 5.41) is 18.4. The van der Waals surface area contributed by atoms with Crippen LogP contribution in [0.3, 0.4) is 0 Å². The maximum absolute atomic E-state index is 11.0. The summed E-state index contributed by atoms with van der Waals surface area (Å²) in [4.78, 5) is 17.5. The van der Waals surface area contributed by atoms with Gasteiger partial charge >= 0.3 is 5.97 Å². The third-order valence-corrected chi connectivity index (χ3v) is 6.43. The highest BCUT2D eigenvalue weighted by atomic mass is 28.3. The fourth-order valence-electron chi connectivity index (χ4n) is 2.97. The van der Waals surface area contributed by atoms with E-state index in [1.54, 1.807) is 13.3 Å². The van der Waals surface area contributed by atoms with Crippen molar-refractivity contribution in [1.29, 1.82) is 5.26 Å². The van der Waals surface area contributed by atoms with Gasteiger partial charge in [0.15, 0.2) is 5.69 Å². The number of carboxylic acids is 1. The Labute approximate surface area is 185 Å². The predicted molar refractivity (Wildman–Crippen MR) is 122 cm³/mol. The van der Waals surface area contributed by atoms with E-state index in [4.69, 9.17) is 14.6 Å². The van der Waals surface area contributed by atoms with Crippen LogP contribution < -0.4 is 9.64 Å². The summed E-state index contributed by atoms with van der Waals surface area (Å²) in [7, 11) is 0.422. The van der Waals surface area contributed by atoms with Crippen LogP contribution >= 0.6 is 0 Å². The molecule has 0 fully saturated rings. The van der Waals surface area contributed by atoms with E-state index in [9.17, 15) is 10.1 Å². The van der Waals surface area contributed by atoms with Crippen molar-refractivity contribution in [3.05, 3.63) is 41.7 Å². The highest BCUT2D eigenvalue weighted by Gasteiger charge is 2.18. The maximum Gasteiger partial charge on any atom is 0.303 e. The van der Waals surface area contributed by atoms with Crippen molar-refractivity contribution in [1.82, 2.24) is 9.55 Å². The van der Waals surface area contributed by atoms with Gasteiger partial charge < -0.3 is 19.5 Å². The van der Waals surface area contributed by atoms with Crippen LogP contribution in [0.15, 0.2) is 30.5 Å². The molecule has 8 nitrogen and oxygen atoms in total. The molecule has 1 aromatic heterocycles. The lowest BCUT2D eigenvalue weighted by Crippen LogP contribution is -2.28. The number of carbonyl (C=O) groups is 1. The fraction of sp³-hybridized carbons (Fsp3) is 0.500. The van der Waals surface area contributed by atoms with Crippen LogP contribution in [0.1, 0.15) is 24.1 Å². The Balaban J connectivity index is 2.20. The molecule has 0 radical (unpaired) electrons. The van der Waals surface area contributed by atoms with Crippen molar-refractivity contribution in [2.24, 2.45) is 0 Å². The molecule has 0 atom stereocenters. The summed E-state index contributed by atoms with van der Waals surface area (Å²) in [6.07, 6.45) is 2.22. The molecule has 0 aliphatic carbocycles. The van der Waals surface area contributed by atoms with Crippen LogP contribution in [-0.4, -0.2) is 49.0 Å². The summed E-state index contributed by atoms with van der Waals surface area (Å²) >= 11 is 0. The normalized spacial score (nSPS) is 11.2. The number of aliphatic carboxylic acids is 1. The van der Waals surface area contributed by atoms with Gasteiger partial charge in [0.1, 0.15) is 18.5 Å². The fourth-order valence-corrected chi connectivity index (χ4v) is 3.73. The second-order valence-electron chi connectivity index (χ2n) is 8.62. The molecule has 0 saturated carbocycles. The average Bonchev–Trinajstić information content (AvgIpc) is 3.13. The van der Waals surface area contributed by atoms with Crippen LogP contribution in [0.4, 0.5) is 5.95 Å². The summed E-state index contributed by atoms with van der Waals surface area (Å²) < 4.78 is 12.9. The first-order chi connectivity index (χ1) is 14.7. The summed E-state index contributed by atoms with van der Waals surface area (Å²) in [6, 6.07) is 10.8. The van der Waals surface area contributed by atoms with Crippen LogP contribution in [-0.2, 0) is 22.8 Å².